The molecule has 0 saturated carbocycles. The van der Waals surface area contributed by atoms with Gasteiger partial charge < -0.3 is 10.1 Å². The Labute approximate surface area is 114 Å². The fourth-order valence-electron chi connectivity index (χ4n) is 1.93. The molecule has 0 atom stereocenters. The molecule has 0 bridgehead atoms. The lowest BCUT2D eigenvalue weighted by Crippen LogP contribution is -2.31. The molecule has 0 aliphatic carbocycles. The third-order valence-corrected chi connectivity index (χ3v) is 3.05. The van der Waals surface area contributed by atoms with Gasteiger partial charge in [0.15, 0.2) is 0 Å². The second kappa shape index (κ2) is 7.36. The van der Waals surface area contributed by atoms with E-state index in [2.05, 4.69) is 5.16 Å². The number of amides is 1. The van der Waals surface area contributed by atoms with E-state index in [4.69, 9.17) is 5.21 Å². The molecule has 102 valence electrons. The monoisotopic (exact) mass is 260 g/mol. The van der Waals surface area contributed by atoms with Crippen LogP contribution in [0.4, 0.5) is 0 Å². The van der Waals surface area contributed by atoms with E-state index in [1.807, 2.05) is 44.2 Å². The Bertz CT molecular complexity index is 474. The third-order valence-electron chi connectivity index (χ3n) is 3.05. The largest absolute Gasteiger partial charge is 0.411 e. The van der Waals surface area contributed by atoms with Gasteiger partial charge in [-0.1, -0.05) is 35.5 Å². The zero-order valence-corrected chi connectivity index (χ0v) is 11.6. The maximum Gasteiger partial charge on any atom is 0.250 e. The molecule has 1 rings (SSSR count). The zero-order valence-electron chi connectivity index (χ0n) is 11.6. The van der Waals surface area contributed by atoms with Gasteiger partial charge in [0, 0.05) is 24.2 Å². The van der Waals surface area contributed by atoms with Gasteiger partial charge in [0.25, 0.3) is 0 Å². The summed E-state index contributed by atoms with van der Waals surface area (Å²) in [7, 11) is 0. The molecule has 0 aliphatic heterocycles. The first-order chi connectivity index (χ1) is 9.15. The first-order valence-electron chi connectivity index (χ1n) is 6.38. The standard InChI is InChI=1S/C15H20N2O2/c1-4-17(5-2)15(18)12(3)14(11-16-19)13-9-7-6-8-10-13/h6-11,19H,4-5H2,1-3H3/b14-12+,16-11?. The summed E-state index contributed by atoms with van der Waals surface area (Å²) < 4.78 is 0. The molecule has 0 aromatic heterocycles. The molecule has 0 radical (unpaired) electrons. The van der Waals surface area contributed by atoms with Crippen LogP contribution in [0.2, 0.25) is 0 Å². The van der Waals surface area contributed by atoms with Gasteiger partial charge in [0.1, 0.15) is 0 Å². The number of rotatable bonds is 5. The van der Waals surface area contributed by atoms with E-state index < -0.39 is 0 Å². The number of allylic oxidation sites excluding steroid dienone is 1. The maximum absolute atomic E-state index is 12.3. The zero-order chi connectivity index (χ0) is 14.3. The summed E-state index contributed by atoms with van der Waals surface area (Å²) >= 11 is 0. The van der Waals surface area contributed by atoms with Gasteiger partial charge >= 0.3 is 0 Å². The Balaban J connectivity index is 3.23. The number of oxime groups is 1. The van der Waals surface area contributed by atoms with Gasteiger partial charge in [-0.3, -0.25) is 4.79 Å². The van der Waals surface area contributed by atoms with Gasteiger partial charge in [-0.25, -0.2) is 0 Å². The summed E-state index contributed by atoms with van der Waals surface area (Å²) in [5.41, 5.74) is 2.08. The van der Waals surface area contributed by atoms with Gasteiger partial charge in [-0.15, -0.1) is 0 Å². The number of nitrogens with zero attached hydrogens (tertiary/aromatic N) is 2. The van der Waals surface area contributed by atoms with Crippen molar-refractivity contribution in [2.75, 3.05) is 13.1 Å². The molecule has 0 saturated heterocycles. The Hall–Kier alpha value is -2.10. The second-order valence-corrected chi connectivity index (χ2v) is 4.13. The predicted molar refractivity (Wildman–Crippen MR) is 77.2 cm³/mol. The van der Waals surface area contributed by atoms with Gasteiger partial charge in [-0.2, -0.15) is 0 Å². The average molecular weight is 260 g/mol. The molecule has 1 N–H and O–H groups in total. The quantitative estimate of drug-likeness (QED) is 0.383. The van der Waals surface area contributed by atoms with E-state index in [0.29, 0.717) is 24.2 Å². The molecule has 0 unspecified atom stereocenters. The fourth-order valence-corrected chi connectivity index (χ4v) is 1.93. The van der Waals surface area contributed by atoms with E-state index in [1.165, 1.54) is 6.21 Å². The minimum absolute atomic E-state index is 0.0382. The lowest BCUT2D eigenvalue weighted by atomic mass is 10.0. The van der Waals surface area contributed by atoms with E-state index in [9.17, 15) is 4.79 Å². The molecular weight excluding hydrogens is 240 g/mol. The molecule has 4 nitrogen and oxygen atoms in total. The van der Waals surface area contributed by atoms with Crippen molar-refractivity contribution in [3.63, 3.8) is 0 Å². The normalized spacial score (nSPS) is 12.4. The van der Waals surface area contributed by atoms with Crippen LogP contribution in [0.3, 0.4) is 0 Å². The first kappa shape index (κ1) is 15.0. The lowest BCUT2D eigenvalue weighted by molar-refractivity contribution is -0.126. The van der Waals surface area contributed by atoms with Crippen LogP contribution in [0.1, 0.15) is 26.3 Å². The minimum Gasteiger partial charge on any atom is -0.411 e. The minimum atomic E-state index is -0.0382. The van der Waals surface area contributed by atoms with E-state index in [1.54, 1.807) is 11.8 Å². The molecule has 0 spiro atoms. The van der Waals surface area contributed by atoms with Crippen molar-refractivity contribution in [1.82, 2.24) is 4.90 Å². The summed E-state index contributed by atoms with van der Waals surface area (Å²) in [6, 6.07) is 9.44. The summed E-state index contributed by atoms with van der Waals surface area (Å²) in [6.07, 6.45) is 1.31. The van der Waals surface area contributed by atoms with Crippen molar-refractivity contribution in [2.24, 2.45) is 5.16 Å². The highest BCUT2D eigenvalue weighted by atomic mass is 16.4. The number of hydrogen-bond donors (Lipinski definition) is 1. The summed E-state index contributed by atoms with van der Waals surface area (Å²) in [5.74, 6) is -0.0382. The smallest absolute Gasteiger partial charge is 0.250 e. The number of hydrogen-bond acceptors (Lipinski definition) is 3. The van der Waals surface area contributed by atoms with Crippen LogP contribution in [0.15, 0.2) is 41.1 Å². The fraction of sp³-hybridized carbons (Fsp3) is 0.333. The van der Waals surface area contributed by atoms with Crippen molar-refractivity contribution < 1.29 is 10.0 Å². The van der Waals surface area contributed by atoms with Crippen LogP contribution < -0.4 is 0 Å². The molecule has 1 aromatic carbocycles. The summed E-state index contributed by atoms with van der Waals surface area (Å²) in [4.78, 5) is 14.1. The van der Waals surface area contributed by atoms with E-state index >= 15 is 0 Å². The van der Waals surface area contributed by atoms with Gasteiger partial charge in [0.05, 0.1) is 6.21 Å². The highest BCUT2D eigenvalue weighted by Crippen LogP contribution is 2.18. The van der Waals surface area contributed by atoms with Crippen LogP contribution >= 0.6 is 0 Å². The molecule has 0 aliphatic rings. The highest BCUT2D eigenvalue weighted by molar-refractivity contribution is 6.18. The number of carbonyl (C=O) groups excluding carboxylic acids is 1. The second-order valence-electron chi connectivity index (χ2n) is 4.13. The summed E-state index contributed by atoms with van der Waals surface area (Å²) in [5, 5.41) is 11.9. The molecule has 4 heteroatoms. The summed E-state index contributed by atoms with van der Waals surface area (Å²) in [6.45, 7) is 6.95. The van der Waals surface area contributed by atoms with Crippen LogP contribution in [-0.4, -0.2) is 35.3 Å². The van der Waals surface area contributed by atoms with Crippen LogP contribution in [-0.2, 0) is 4.79 Å². The topological polar surface area (TPSA) is 52.9 Å². The number of carbonyl (C=O) groups is 1. The Kier molecular flexibility index (Phi) is 5.79. The molecule has 0 fully saturated rings. The molecular formula is C15H20N2O2. The van der Waals surface area contributed by atoms with Crippen molar-refractivity contribution >= 4 is 17.7 Å². The Morgan fingerprint density at radius 3 is 2.32 bits per heavy atom. The van der Waals surface area contributed by atoms with Crippen LogP contribution in [0, 0.1) is 0 Å². The Morgan fingerprint density at radius 1 is 1.26 bits per heavy atom. The van der Waals surface area contributed by atoms with Crippen molar-refractivity contribution in [2.45, 2.75) is 20.8 Å². The van der Waals surface area contributed by atoms with Gasteiger partial charge in [-0.05, 0) is 26.3 Å². The average Bonchev–Trinajstić information content (AvgIpc) is 2.46. The predicted octanol–water partition coefficient (Wildman–Crippen LogP) is 2.79. The van der Waals surface area contributed by atoms with Gasteiger partial charge in [0.2, 0.25) is 5.91 Å². The molecule has 1 aromatic rings. The van der Waals surface area contributed by atoms with Crippen molar-refractivity contribution in [3.05, 3.63) is 41.5 Å². The number of benzene rings is 1. The Morgan fingerprint density at radius 2 is 1.84 bits per heavy atom. The lowest BCUT2D eigenvalue weighted by Gasteiger charge is -2.20. The maximum atomic E-state index is 12.3. The molecule has 0 heterocycles. The highest BCUT2D eigenvalue weighted by Gasteiger charge is 2.16. The van der Waals surface area contributed by atoms with Crippen molar-refractivity contribution in [3.8, 4) is 0 Å². The van der Waals surface area contributed by atoms with E-state index in [-0.39, 0.29) is 5.91 Å². The van der Waals surface area contributed by atoms with E-state index in [0.717, 1.165) is 5.56 Å². The molecule has 19 heavy (non-hydrogen) atoms. The molecule has 1 amide bonds. The number of likely N-dealkylation sites (N-methyl/N-ethyl adjacent to an activating group) is 1. The van der Waals surface area contributed by atoms with Crippen LogP contribution in [0.5, 0.6) is 0 Å². The SMILES string of the molecule is CCN(CC)C(=O)/C(C)=C(\C=NO)c1ccccc1. The van der Waals surface area contributed by atoms with Crippen LogP contribution in [0.25, 0.3) is 5.57 Å². The van der Waals surface area contributed by atoms with Crippen molar-refractivity contribution in [1.29, 1.82) is 0 Å². The third kappa shape index (κ3) is 3.68. The first-order valence-corrected chi connectivity index (χ1v) is 6.38.